The van der Waals surface area contributed by atoms with Crippen molar-refractivity contribution in [3.63, 3.8) is 0 Å². The zero-order chi connectivity index (χ0) is 13.3. The van der Waals surface area contributed by atoms with Gasteiger partial charge in [-0.15, -0.1) is 0 Å². The first kappa shape index (κ1) is 12.8. The standard InChI is InChI=1S/C14H20N4/c1-9(2)14-16-13(8-15)18(17-14)12-7-10(3)5-6-11(12)4/h5-7,9H,8,15H2,1-4H3. The molecule has 0 aliphatic rings. The van der Waals surface area contributed by atoms with Crippen molar-refractivity contribution >= 4 is 0 Å². The van der Waals surface area contributed by atoms with E-state index in [0.29, 0.717) is 12.5 Å². The minimum atomic E-state index is 0.307. The van der Waals surface area contributed by atoms with E-state index in [9.17, 15) is 0 Å². The van der Waals surface area contributed by atoms with Crippen molar-refractivity contribution < 1.29 is 0 Å². The van der Waals surface area contributed by atoms with E-state index >= 15 is 0 Å². The maximum absolute atomic E-state index is 5.77. The molecule has 1 aromatic carbocycles. The molecule has 2 aromatic rings. The first-order chi connectivity index (χ1) is 8.52. The van der Waals surface area contributed by atoms with Gasteiger partial charge in [0, 0.05) is 5.92 Å². The van der Waals surface area contributed by atoms with Gasteiger partial charge in [0.05, 0.1) is 12.2 Å². The van der Waals surface area contributed by atoms with Crippen LogP contribution < -0.4 is 5.73 Å². The van der Waals surface area contributed by atoms with Crippen LogP contribution in [0.25, 0.3) is 5.69 Å². The largest absolute Gasteiger partial charge is 0.324 e. The van der Waals surface area contributed by atoms with Crippen molar-refractivity contribution in [3.8, 4) is 5.69 Å². The van der Waals surface area contributed by atoms with E-state index in [4.69, 9.17) is 5.73 Å². The van der Waals surface area contributed by atoms with Crippen LogP contribution in [-0.4, -0.2) is 14.8 Å². The number of hydrogen-bond donors (Lipinski definition) is 1. The summed E-state index contributed by atoms with van der Waals surface area (Å²) in [6, 6.07) is 6.32. The zero-order valence-electron chi connectivity index (χ0n) is 11.4. The fourth-order valence-electron chi connectivity index (χ4n) is 1.88. The lowest BCUT2D eigenvalue weighted by molar-refractivity contribution is 0.743. The molecule has 0 spiro atoms. The third kappa shape index (κ3) is 2.29. The Labute approximate surface area is 108 Å². The number of rotatable bonds is 3. The van der Waals surface area contributed by atoms with Gasteiger partial charge in [-0.2, -0.15) is 5.10 Å². The molecular weight excluding hydrogens is 224 g/mol. The molecule has 2 rings (SSSR count). The summed E-state index contributed by atoms with van der Waals surface area (Å²) in [4.78, 5) is 4.50. The van der Waals surface area contributed by atoms with Crippen LogP contribution >= 0.6 is 0 Å². The van der Waals surface area contributed by atoms with Crippen LogP contribution in [0.2, 0.25) is 0 Å². The fourth-order valence-corrected chi connectivity index (χ4v) is 1.88. The monoisotopic (exact) mass is 244 g/mol. The Kier molecular flexibility index (Phi) is 3.48. The molecule has 0 saturated heterocycles. The smallest absolute Gasteiger partial charge is 0.153 e. The van der Waals surface area contributed by atoms with E-state index in [-0.39, 0.29) is 0 Å². The molecule has 0 saturated carbocycles. The number of nitrogens with zero attached hydrogens (tertiary/aromatic N) is 3. The fraction of sp³-hybridized carbons (Fsp3) is 0.429. The third-order valence-corrected chi connectivity index (χ3v) is 2.98. The van der Waals surface area contributed by atoms with E-state index in [1.54, 1.807) is 0 Å². The highest BCUT2D eigenvalue weighted by atomic mass is 15.4. The van der Waals surface area contributed by atoms with Crippen molar-refractivity contribution in [2.24, 2.45) is 5.73 Å². The van der Waals surface area contributed by atoms with Crippen LogP contribution in [0.5, 0.6) is 0 Å². The topological polar surface area (TPSA) is 56.7 Å². The Morgan fingerprint density at radius 2 is 2.00 bits per heavy atom. The van der Waals surface area contributed by atoms with Crippen LogP contribution in [0.15, 0.2) is 18.2 Å². The average Bonchev–Trinajstić information content (AvgIpc) is 2.76. The quantitative estimate of drug-likeness (QED) is 0.902. The Hall–Kier alpha value is -1.68. The first-order valence-electron chi connectivity index (χ1n) is 6.26. The Morgan fingerprint density at radius 3 is 2.61 bits per heavy atom. The maximum Gasteiger partial charge on any atom is 0.153 e. The second kappa shape index (κ2) is 4.90. The van der Waals surface area contributed by atoms with Gasteiger partial charge in [-0.3, -0.25) is 0 Å². The van der Waals surface area contributed by atoms with Crippen LogP contribution in [0.3, 0.4) is 0 Å². The molecule has 2 N–H and O–H groups in total. The normalized spacial score (nSPS) is 11.2. The summed E-state index contributed by atoms with van der Waals surface area (Å²) in [7, 11) is 0. The molecule has 4 nitrogen and oxygen atoms in total. The summed E-state index contributed by atoms with van der Waals surface area (Å²) in [5.41, 5.74) is 9.22. The van der Waals surface area contributed by atoms with Gasteiger partial charge in [0.2, 0.25) is 0 Å². The van der Waals surface area contributed by atoms with Gasteiger partial charge in [-0.05, 0) is 31.0 Å². The Bertz CT molecular complexity index is 555. The van der Waals surface area contributed by atoms with E-state index in [0.717, 1.165) is 17.3 Å². The van der Waals surface area contributed by atoms with Gasteiger partial charge in [0.1, 0.15) is 5.82 Å². The molecule has 0 amide bonds. The van der Waals surface area contributed by atoms with Crippen LogP contribution in [-0.2, 0) is 6.54 Å². The molecule has 4 heteroatoms. The molecule has 0 radical (unpaired) electrons. The van der Waals surface area contributed by atoms with Gasteiger partial charge in [-0.25, -0.2) is 9.67 Å². The number of hydrogen-bond acceptors (Lipinski definition) is 3. The molecule has 1 aromatic heterocycles. The summed E-state index contributed by atoms with van der Waals surface area (Å²) in [6.45, 7) is 8.72. The van der Waals surface area contributed by atoms with Crippen molar-refractivity contribution in [1.82, 2.24) is 14.8 Å². The molecule has 96 valence electrons. The van der Waals surface area contributed by atoms with Crippen molar-refractivity contribution in [3.05, 3.63) is 41.0 Å². The molecule has 0 atom stereocenters. The molecule has 1 heterocycles. The minimum absolute atomic E-state index is 0.307. The summed E-state index contributed by atoms with van der Waals surface area (Å²) >= 11 is 0. The first-order valence-corrected chi connectivity index (χ1v) is 6.26. The van der Waals surface area contributed by atoms with Gasteiger partial charge in [-0.1, -0.05) is 26.0 Å². The highest BCUT2D eigenvalue weighted by Gasteiger charge is 2.14. The van der Waals surface area contributed by atoms with Crippen LogP contribution in [0, 0.1) is 13.8 Å². The van der Waals surface area contributed by atoms with Crippen molar-refractivity contribution in [2.45, 2.75) is 40.2 Å². The van der Waals surface area contributed by atoms with Crippen LogP contribution in [0.4, 0.5) is 0 Å². The van der Waals surface area contributed by atoms with Gasteiger partial charge >= 0.3 is 0 Å². The predicted octanol–water partition coefficient (Wildman–Crippen LogP) is 2.47. The summed E-state index contributed by atoms with van der Waals surface area (Å²) < 4.78 is 1.87. The summed E-state index contributed by atoms with van der Waals surface area (Å²) in [6.07, 6.45) is 0. The second-order valence-corrected chi connectivity index (χ2v) is 4.95. The number of nitrogens with two attached hydrogens (primary N) is 1. The lowest BCUT2D eigenvalue weighted by atomic mass is 10.1. The van der Waals surface area contributed by atoms with E-state index in [2.05, 4.69) is 56.0 Å². The predicted molar refractivity (Wildman–Crippen MR) is 72.8 cm³/mol. The van der Waals surface area contributed by atoms with Gasteiger partial charge in [0.25, 0.3) is 0 Å². The van der Waals surface area contributed by atoms with Crippen molar-refractivity contribution in [1.29, 1.82) is 0 Å². The molecule has 0 fully saturated rings. The molecule has 0 aliphatic carbocycles. The number of aryl methyl sites for hydroxylation is 2. The van der Waals surface area contributed by atoms with Gasteiger partial charge in [0.15, 0.2) is 5.82 Å². The SMILES string of the molecule is Cc1ccc(C)c(-n2nc(C(C)C)nc2CN)c1. The highest BCUT2D eigenvalue weighted by Crippen LogP contribution is 2.19. The summed E-state index contributed by atoms with van der Waals surface area (Å²) in [5, 5.41) is 4.58. The Morgan fingerprint density at radius 1 is 1.28 bits per heavy atom. The lowest BCUT2D eigenvalue weighted by Crippen LogP contribution is -2.09. The lowest BCUT2D eigenvalue weighted by Gasteiger charge is -2.09. The zero-order valence-corrected chi connectivity index (χ0v) is 11.4. The molecular formula is C14H20N4. The van der Waals surface area contributed by atoms with E-state index in [1.807, 2.05) is 4.68 Å². The van der Waals surface area contributed by atoms with Crippen LogP contribution in [0.1, 0.15) is 42.5 Å². The van der Waals surface area contributed by atoms with E-state index < -0.39 is 0 Å². The summed E-state index contributed by atoms with van der Waals surface area (Å²) in [5.74, 6) is 1.96. The minimum Gasteiger partial charge on any atom is -0.324 e. The van der Waals surface area contributed by atoms with E-state index in [1.165, 1.54) is 11.1 Å². The highest BCUT2D eigenvalue weighted by molar-refractivity contribution is 5.43. The molecule has 0 unspecified atom stereocenters. The van der Waals surface area contributed by atoms with Crippen molar-refractivity contribution in [2.75, 3.05) is 0 Å². The second-order valence-electron chi connectivity index (χ2n) is 4.95. The molecule has 0 aliphatic heterocycles. The average molecular weight is 244 g/mol. The third-order valence-electron chi connectivity index (χ3n) is 2.98. The number of benzene rings is 1. The molecule has 18 heavy (non-hydrogen) atoms. The Balaban J connectivity index is 2.58. The number of aromatic nitrogens is 3. The van der Waals surface area contributed by atoms with Gasteiger partial charge < -0.3 is 5.73 Å². The molecule has 0 bridgehead atoms. The maximum atomic E-state index is 5.77.